The molecule has 0 radical (unpaired) electrons. The first-order valence-electron chi connectivity index (χ1n) is 21.1. The van der Waals surface area contributed by atoms with Crippen molar-refractivity contribution in [2.75, 3.05) is 0 Å². The van der Waals surface area contributed by atoms with Gasteiger partial charge in [0.05, 0.1) is 33.5 Å². The highest BCUT2D eigenvalue weighted by Crippen LogP contribution is 2.45. The zero-order valence-corrected chi connectivity index (χ0v) is 33.7. The first-order chi connectivity index (χ1) is 30.8. The van der Waals surface area contributed by atoms with Crippen molar-refractivity contribution < 1.29 is 0 Å². The molecule has 0 amide bonds. The van der Waals surface area contributed by atoms with Crippen LogP contribution >= 0.6 is 0 Å². The van der Waals surface area contributed by atoms with Gasteiger partial charge in [-0.3, -0.25) is 0 Å². The second-order valence-corrected chi connectivity index (χ2v) is 15.8. The zero-order chi connectivity index (χ0) is 41.0. The summed E-state index contributed by atoms with van der Waals surface area (Å²) in [5.74, 6) is 0.686. The summed E-state index contributed by atoms with van der Waals surface area (Å²) in [6.45, 7) is 0. The third-order valence-corrected chi connectivity index (χ3v) is 12.1. The molecule has 0 spiro atoms. The third-order valence-electron chi connectivity index (χ3n) is 12.1. The Bertz CT molecular complexity index is 3440. The molecule has 0 bridgehead atoms. The van der Waals surface area contributed by atoms with Gasteiger partial charge >= 0.3 is 0 Å². The predicted octanol–water partition coefficient (Wildman–Crippen LogP) is 15.0. The Balaban J connectivity index is 1.15. The van der Waals surface area contributed by atoms with Gasteiger partial charge in [0.25, 0.3) is 0 Å². The van der Waals surface area contributed by atoms with Gasteiger partial charge in [-0.2, -0.15) is 0 Å². The van der Waals surface area contributed by atoms with Crippen molar-refractivity contribution in [1.82, 2.24) is 19.1 Å². The van der Waals surface area contributed by atoms with E-state index in [1.807, 2.05) is 24.3 Å². The van der Waals surface area contributed by atoms with Crippen LogP contribution in [0.1, 0.15) is 0 Å². The molecule has 12 rings (SSSR count). The Hall–Kier alpha value is -8.34. The van der Waals surface area contributed by atoms with E-state index in [0.29, 0.717) is 5.82 Å². The lowest BCUT2D eigenvalue weighted by Crippen LogP contribution is -2.01. The molecule has 0 saturated carbocycles. The van der Waals surface area contributed by atoms with Gasteiger partial charge in [-0.05, 0) is 76.9 Å². The van der Waals surface area contributed by atoms with Crippen LogP contribution in [0, 0.1) is 0 Å². The molecule has 4 nitrogen and oxygen atoms in total. The van der Waals surface area contributed by atoms with Gasteiger partial charge in [0.1, 0.15) is 0 Å². The highest BCUT2D eigenvalue weighted by molar-refractivity contribution is 6.12. The normalized spacial score (nSPS) is 11.5. The summed E-state index contributed by atoms with van der Waals surface area (Å²) in [7, 11) is 0. The predicted molar refractivity (Wildman–Crippen MR) is 258 cm³/mol. The summed E-state index contributed by atoms with van der Waals surface area (Å²) < 4.78 is 4.84. The fourth-order valence-electron chi connectivity index (χ4n) is 9.35. The largest absolute Gasteiger partial charge is 0.309 e. The lowest BCUT2D eigenvalue weighted by Gasteiger charge is -2.20. The van der Waals surface area contributed by atoms with Crippen LogP contribution in [0.25, 0.3) is 111 Å². The summed E-state index contributed by atoms with van der Waals surface area (Å²) in [5, 5.41) is 4.90. The smallest absolute Gasteiger partial charge is 0.160 e. The zero-order valence-electron chi connectivity index (χ0n) is 33.7. The molecule has 0 unspecified atom stereocenters. The number of rotatable bonds is 7. The van der Waals surface area contributed by atoms with Gasteiger partial charge in [0.2, 0.25) is 0 Å². The Morgan fingerprint density at radius 3 is 1.21 bits per heavy atom. The molecule has 12 aromatic rings. The Morgan fingerprint density at radius 1 is 0.274 bits per heavy atom. The standard InChI is InChI=1S/C58H38N4/c1-5-19-39(20-6-1)48-36-44(37-49(40-21-7-2-8-22-40)57(48)52-38-51(41-23-9-3-10-24-41)59-58(60-52)42-25-11-4-12-26-42)62-55-32-18-15-29-47(55)50-35-43(33-34-56(50)62)61-53-30-16-13-27-45(53)46-28-14-17-31-54(46)61/h1-38H. The van der Waals surface area contributed by atoms with Gasteiger partial charge < -0.3 is 9.13 Å². The van der Waals surface area contributed by atoms with Crippen LogP contribution in [0.3, 0.4) is 0 Å². The number of para-hydroxylation sites is 3. The highest BCUT2D eigenvalue weighted by Gasteiger charge is 2.23. The molecule has 0 aliphatic rings. The van der Waals surface area contributed by atoms with E-state index in [2.05, 4.69) is 215 Å². The second-order valence-electron chi connectivity index (χ2n) is 15.8. The van der Waals surface area contributed by atoms with E-state index in [0.717, 1.165) is 72.7 Å². The number of aromatic nitrogens is 4. The van der Waals surface area contributed by atoms with E-state index in [4.69, 9.17) is 9.97 Å². The maximum atomic E-state index is 5.42. The lowest BCUT2D eigenvalue weighted by atomic mass is 9.88. The Labute approximate surface area is 359 Å². The van der Waals surface area contributed by atoms with E-state index in [1.54, 1.807) is 0 Å². The minimum Gasteiger partial charge on any atom is -0.309 e. The van der Waals surface area contributed by atoms with Crippen LogP contribution in [-0.4, -0.2) is 19.1 Å². The van der Waals surface area contributed by atoms with Gasteiger partial charge in [0, 0.05) is 49.6 Å². The molecule has 3 heterocycles. The number of nitrogens with zero attached hydrogens (tertiary/aromatic N) is 4. The summed E-state index contributed by atoms with van der Waals surface area (Å²) in [5.41, 5.74) is 16.1. The molecule has 0 fully saturated rings. The molecule has 0 saturated heterocycles. The molecule has 3 aromatic heterocycles. The topological polar surface area (TPSA) is 35.6 Å². The van der Waals surface area contributed by atoms with E-state index < -0.39 is 0 Å². The highest BCUT2D eigenvalue weighted by atomic mass is 15.0. The monoisotopic (exact) mass is 790 g/mol. The average Bonchev–Trinajstić information content (AvgIpc) is 3.87. The molecule has 0 aliphatic carbocycles. The van der Waals surface area contributed by atoms with Crippen molar-refractivity contribution in [2.45, 2.75) is 0 Å². The maximum absolute atomic E-state index is 5.42. The summed E-state index contributed by atoms with van der Waals surface area (Å²) in [4.78, 5) is 10.6. The lowest BCUT2D eigenvalue weighted by molar-refractivity contribution is 1.16. The maximum Gasteiger partial charge on any atom is 0.160 e. The quantitative estimate of drug-likeness (QED) is 0.161. The molecule has 0 atom stereocenters. The third kappa shape index (κ3) is 5.92. The summed E-state index contributed by atoms with van der Waals surface area (Å²) in [6, 6.07) is 82.2. The molecule has 4 heteroatoms. The Kier molecular flexibility index (Phi) is 8.46. The van der Waals surface area contributed by atoms with E-state index in [9.17, 15) is 0 Å². The summed E-state index contributed by atoms with van der Waals surface area (Å²) in [6.07, 6.45) is 0. The van der Waals surface area contributed by atoms with Gasteiger partial charge in [-0.15, -0.1) is 0 Å². The van der Waals surface area contributed by atoms with Crippen molar-refractivity contribution in [1.29, 1.82) is 0 Å². The van der Waals surface area contributed by atoms with Crippen molar-refractivity contribution in [3.63, 3.8) is 0 Å². The fourth-order valence-corrected chi connectivity index (χ4v) is 9.35. The van der Waals surface area contributed by atoms with Gasteiger partial charge in [0.15, 0.2) is 5.82 Å². The first kappa shape index (κ1) is 35.6. The number of hydrogen-bond acceptors (Lipinski definition) is 2. The average molecular weight is 791 g/mol. The minimum absolute atomic E-state index is 0.686. The van der Waals surface area contributed by atoms with E-state index in [1.165, 1.54) is 32.6 Å². The van der Waals surface area contributed by atoms with Crippen LogP contribution in [0.5, 0.6) is 0 Å². The van der Waals surface area contributed by atoms with Crippen molar-refractivity contribution >= 4 is 43.6 Å². The molecule has 62 heavy (non-hydrogen) atoms. The minimum atomic E-state index is 0.686. The molecule has 0 aliphatic heterocycles. The van der Waals surface area contributed by atoms with E-state index >= 15 is 0 Å². The van der Waals surface area contributed by atoms with Crippen LogP contribution < -0.4 is 0 Å². The molecule has 9 aromatic carbocycles. The molecular weight excluding hydrogens is 753 g/mol. The summed E-state index contributed by atoms with van der Waals surface area (Å²) >= 11 is 0. The molecule has 290 valence electrons. The van der Waals surface area contributed by atoms with Crippen LogP contribution in [0.15, 0.2) is 231 Å². The fraction of sp³-hybridized carbons (Fsp3) is 0. The number of benzene rings is 9. The van der Waals surface area contributed by atoms with Gasteiger partial charge in [-0.25, -0.2) is 9.97 Å². The number of fused-ring (bicyclic) bond motifs is 6. The Morgan fingerprint density at radius 2 is 0.677 bits per heavy atom. The van der Waals surface area contributed by atoms with Gasteiger partial charge in [-0.1, -0.05) is 176 Å². The van der Waals surface area contributed by atoms with Crippen LogP contribution in [0.2, 0.25) is 0 Å². The van der Waals surface area contributed by atoms with Crippen LogP contribution in [0.4, 0.5) is 0 Å². The number of hydrogen-bond donors (Lipinski definition) is 0. The SMILES string of the molecule is c1ccc(-c2cc(-c3c(-c4ccccc4)cc(-n4c5ccccc5c5cc(-n6c7ccccc7c7ccccc76)ccc54)cc3-c3ccccc3)nc(-c3ccccc3)n2)cc1. The van der Waals surface area contributed by atoms with Crippen LogP contribution in [-0.2, 0) is 0 Å². The van der Waals surface area contributed by atoms with Crippen molar-refractivity contribution in [2.24, 2.45) is 0 Å². The molecule has 0 N–H and O–H groups in total. The van der Waals surface area contributed by atoms with E-state index in [-0.39, 0.29) is 0 Å². The van der Waals surface area contributed by atoms with Crippen molar-refractivity contribution in [3.8, 4) is 67.5 Å². The molecular formula is C58H38N4. The van der Waals surface area contributed by atoms with Crippen molar-refractivity contribution in [3.05, 3.63) is 231 Å². The second kappa shape index (κ2) is 14.7. The first-order valence-corrected chi connectivity index (χ1v) is 21.1.